The number of pyridine rings is 1. The molecule has 0 aromatic carbocycles. The van der Waals surface area contributed by atoms with Crippen LogP contribution in [-0.2, 0) is 16.4 Å². The van der Waals surface area contributed by atoms with E-state index in [0.29, 0.717) is 29.8 Å². The lowest BCUT2D eigenvalue weighted by Gasteiger charge is -2.34. The van der Waals surface area contributed by atoms with E-state index in [1.807, 2.05) is 6.92 Å². The van der Waals surface area contributed by atoms with Gasteiger partial charge in [0.1, 0.15) is 4.90 Å². The van der Waals surface area contributed by atoms with Gasteiger partial charge in [0, 0.05) is 13.1 Å². The highest BCUT2D eigenvalue weighted by molar-refractivity contribution is 7.89. The van der Waals surface area contributed by atoms with E-state index in [4.69, 9.17) is 4.52 Å². The second-order valence-corrected chi connectivity index (χ2v) is 8.19. The second-order valence-electron chi connectivity index (χ2n) is 6.42. The first-order valence-electron chi connectivity index (χ1n) is 7.88. The topological polar surface area (TPSA) is 97.1 Å². The Hall–Kier alpha value is -1.22. The molecular formula is C15H23ClN4O3S. The standard InChI is InChI=1S/C15H22N4O3S.ClH/c1-3-13-12-7-11(8-17-14(12)22-19-13)23(20,21)18-10-15(2)5-4-6-16-9-15;/h7-8,16,18H,3-6,9-10H2,1-2H3;1H. The Balaban J connectivity index is 0.00000208. The van der Waals surface area contributed by atoms with Gasteiger partial charge >= 0.3 is 0 Å². The number of fused-ring (bicyclic) bond motifs is 1. The van der Waals surface area contributed by atoms with Gasteiger partial charge in [0.2, 0.25) is 10.0 Å². The van der Waals surface area contributed by atoms with Crippen molar-refractivity contribution in [2.24, 2.45) is 5.41 Å². The van der Waals surface area contributed by atoms with Crippen LogP contribution in [0, 0.1) is 5.41 Å². The van der Waals surface area contributed by atoms with Crippen LogP contribution < -0.4 is 10.0 Å². The van der Waals surface area contributed by atoms with Gasteiger partial charge in [0.15, 0.2) is 0 Å². The molecule has 1 atom stereocenters. The van der Waals surface area contributed by atoms with Gasteiger partial charge in [-0.15, -0.1) is 12.4 Å². The molecule has 1 saturated heterocycles. The van der Waals surface area contributed by atoms with Gasteiger partial charge in [-0.3, -0.25) is 0 Å². The van der Waals surface area contributed by atoms with E-state index in [1.54, 1.807) is 6.07 Å². The SMILES string of the molecule is CCc1noc2ncc(S(=O)(=O)NCC3(C)CCCNC3)cc12.Cl. The predicted molar refractivity (Wildman–Crippen MR) is 93.8 cm³/mol. The smallest absolute Gasteiger partial charge is 0.258 e. The van der Waals surface area contributed by atoms with E-state index in [9.17, 15) is 8.42 Å². The molecule has 0 aliphatic carbocycles. The lowest BCUT2D eigenvalue weighted by atomic mass is 9.83. The van der Waals surface area contributed by atoms with E-state index in [2.05, 4.69) is 27.1 Å². The van der Waals surface area contributed by atoms with Gasteiger partial charge in [0.25, 0.3) is 5.71 Å². The van der Waals surface area contributed by atoms with Crippen LogP contribution in [-0.4, -0.2) is 38.2 Å². The number of nitrogens with zero attached hydrogens (tertiary/aromatic N) is 2. The monoisotopic (exact) mass is 374 g/mol. The molecule has 134 valence electrons. The predicted octanol–water partition coefficient (Wildman–Crippen LogP) is 1.87. The Morgan fingerprint density at radius 3 is 2.92 bits per heavy atom. The van der Waals surface area contributed by atoms with Crippen LogP contribution in [0.3, 0.4) is 0 Å². The summed E-state index contributed by atoms with van der Waals surface area (Å²) in [6.45, 7) is 6.26. The molecule has 7 nitrogen and oxygen atoms in total. The number of hydrogen-bond donors (Lipinski definition) is 2. The highest BCUT2D eigenvalue weighted by atomic mass is 35.5. The van der Waals surface area contributed by atoms with Crippen LogP contribution in [0.4, 0.5) is 0 Å². The highest BCUT2D eigenvalue weighted by Crippen LogP contribution is 2.25. The summed E-state index contributed by atoms with van der Waals surface area (Å²) in [6, 6.07) is 1.58. The number of aromatic nitrogens is 2. The summed E-state index contributed by atoms with van der Waals surface area (Å²) in [6.07, 6.45) is 4.05. The Morgan fingerprint density at radius 2 is 2.25 bits per heavy atom. The maximum atomic E-state index is 12.6. The molecule has 2 N–H and O–H groups in total. The Bertz CT molecular complexity index is 800. The number of sulfonamides is 1. The summed E-state index contributed by atoms with van der Waals surface area (Å²) in [7, 11) is -3.60. The molecule has 0 saturated carbocycles. The van der Waals surface area contributed by atoms with Crippen LogP contribution in [0.5, 0.6) is 0 Å². The Kier molecular flexibility index (Phi) is 5.85. The average molecular weight is 375 g/mol. The zero-order valence-corrected chi connectivity index (χ0v) is 15.5. The lowest BCUT2D eigenvalue weighted by Crippen LogP contribution is -2.45. The molecule has 2 aromatic rings. The van der Waals surface area contributed by atoms with E-state index >= 15 is 0 Å². The van der Waals surface area contributed by atoms with Crippen LogP contribution >= 0.6 is 12.4 Å². The molecule has 1 aliphatic heterocycles. The third-order valence-corrected chi connectivity index (χ3v) is 5.77. The number of rotatable bonds is 5. The molecule has 3 rings (SSSR count). The van der Waals surface area contributed by atoms with Crippen LogP contribution in [0.1, 0.15) is 32.4 Å². The largest absolute Gasteiger partial charge is 0.336 e. The maximum Gasteiger partial charge on any atom is 0.258 e. The first kappa shape index (κ1) is 19.1. The minimum atomic E-state index is -3.60. The molecule has 0 bridgehead atoms. The number of piperidine rings is 1. The molecule has 0 spiro atoms. The van der Waals surface area contributed by atoms with Gasteiger partial charge in [-0.1, -0.05) is 19.0 Å². The summed E-state index contributed by atoms with van der Waals surface area (Å²) in [5, 5.41) is 7.88. The fraction of sp³-hybridized carbons (Fsp3) is 0.600. The molecule has 0 radical (unpaired) electrons. The fourth-order valence-corrected chi connectivity index (χ4v) is 4.05. The molecule has 3 heterocycles. The summed E-state index contributed by atoms with van der Waals surface area (Å²) >= 11 is 0. The van der Waals surface area contributed by atoms with Gasteiger partial charge in [-0.25, -0.2) is 18.1 Å². The molecule has 1 fully saturated rings. The van der Waals surface area contributed by atoms with Crippen molar-refractivity contribution in [3.8, 4) is 0 Å². The van der Waals surface area contributed by atoms with Crippen molar-refractivity contribution in [3.05, 3.63) is 18.0 Å². The molecule has 9 heteroatoms. The first-order valence-corrected chi connectivity index (χ1v) is 9.36. The Morgan fingerprint density at radius 1 is 1.46 bits per heavy atom. The Labute approximate surface area is 148 Å². The van der Waals surface area contributed by atoms with Crippen LogP contribution in [0.15, 0.2) is 21.7 Å². The normalized spacial score (nSPS) is 21.6. The van der Waals surface area contributed by atoms with Crippen molar-refractivity contribution in [1.29, 1.82) is 0 Å². The number of halogens is 1. The molecular weight excluding hydrogens is 352 g/mol. The molecule has 24 heavy (non-hydrogen) atoms. The van der Waals surface area contributed by atoms with Crippen molar-refractivity contribution >= 4 is 33.5 Å². The van der Waals surface area contributed by atoms with E-state index in [1.165, 1.54) is 6.20 Å². The van der Waals surface area contributed by atoms with Crippen LogP contribution in [0.25, 0.3) is 11.1 Å². The van der Waals surface area contributed by atoms with E-state index in [-0.39, 0.29) is 22.7 Å². The maximum absolute atomic E-state index is 12.6. The molecule has 1 aliphatic rings. The number of hydrogen-bond acceptors (Lipinski definition) is 6. The van der Waals surface area contributed by atoms with Crippen molar-refractivity contribution in [2.45, 2.75) is 38.0 Å². The third-order valence-electron chi connectivity index (χ3n) is 4.40. The van der Waals surface area contributed by atoms with Gasteiger partial charge < -0.3 is 9.84 Å². The van der Waals surface area contributed by atoms with E-state index in [0.717, 1.165) is 25.9 Å². The highest BCUT2D eigenvalue weighted by Gasteiger charge is 2.29. The fourth-order valence-electron chi connectivity index (χ4n) is 2.88. The number of nitrogens with one attached hydrogen (secondary N) is 2. The quantitative estimate of drug-likeness (QED) is 0.829. The third kappa shape index (κ3) is 3.88. The van der Waals surface area contributed by atoms with Gasteiger partial charge in [0.05, 0.1) is 17.3 Å². The van der Waals surface area contributed by atoms with Gasteiger partial charge in [-0.2, -0.15) is 0 Å². The number of aryl methyl sites for hydroxylation is 1. The summed E-state index contributed by atoms with van der Waals surface area (Å²) in [4.78, 5) is 4.22. The zero-order chi connectivity index (χ0) is 16.5. The van der Waals surface area contributed by atoms with Crippen molar-refractivity contribution in [3.63, 3.8) is 0 Å². The minimum Gasteiger partial charge on any atom is -0.336 e. The first-order chi connectivity index (χ1) is 10.9. The van der Waals surface area contributed by atoms with Crippen molar-refractivity contribution < 1.29 is 12.9 Å². The second kappa shape index (κ2) is 7.35. The van der Waals surface area contributed by atoms with Crippen molar-refractivity contribution in [2.75, 3.05) is 19.6 Å². The average Bonchev–Trinajstić information content (AvgIpc) is 2.96. The molecule has 1 unspecified atom stereocenters. The van der Waals surface area contributed by atoms with Gasteiger partial charge in [-0.05, 0) is 37.3 Å². The summed E-state index contributed by atoms with van der Waals surface area (Å²) in [5.74, 6) is 0. The summed E-state index contributed by atoms with van der Waals surface area (Å²) in [5.41, 5.74) is 1.02. The van der Waals surface area contributed by atoms with Crippen LogP contribution in [0.2, 0.25) is 0 Å². The minimum absolute atomic E-state index is 0. The molecule has 2 aromatic heterocycles. The molecule has 0 amide bonds. The van der Waals surface area contributed by atoms with Crippen molar-refractivity contribution in [1.82, 2.24) is 20.2 Å². The zero-order valence-electron chi connectivity index (χ0n) is 13.8. The lowest BCUT2D eigenvalue weighted by molar-refractivity contribution is 0.238. The summed E-state index contributed by atoms with van der Waals surface area (Å²) < 4.78 is 32.9. The van der Waals surface area contributed by atoms with E-state index < -0.39 is 10.0 Å².